The second-order valence-corrected chi connectivity index (χ2v) is 9.64. The summed E-state index contributed by atoms with van der Waals surface area (Å²) in [6.45, 7) is 5.30. The minimum Gasteiger partial charge on any atom is -0.379 e. The molecule has 1 aliphatic carbocycles. The van der Waals surface area contributed by atoms with Crippen LogP contribution in [0.4, 0.5) is 5.82 Å². The van der Waals surface area contributed by atoms with Crippen LogP contribution in [0.15, 0.2) is 48.7 Å². The summed E-state index contributed by atoms with van der Waals surface area (Å²) in [4.78, 5) is 24.4. The largest absolute Gasteiger partial charge is 0.379 e. The van der Waals surface area contributed by atoms with E-state index in [1.807, 2.05) is 42.6 Å². The molecule has 0 spiro atoms. The van der Waals surface area contributed by atoms with Crippen LogP contribution >= 0.6 is 0 Å². The standard InChI is InChI=1S/C28H29N7O2/c29-17-19-2-9-24-23(16-19)33-26(30-10-1-11-34-12-14-37-15-13-34)27-31-18-25(35(24)27)20-3-5-21(6-4-20)28(36)32-22-7-8-22/h2-6,9,16,18,22H,1,7-8,10-15H2,(H,30,33)(H,32,36). The van der Waals surface area contributed by atoms with Gasteiger partial charge in [0.1, 0.15) is 0 Å². The van der Waals surface area contributed by atoms with Gasteiger partial charge in [-0.3, -0.25) is 14.1 Å². The number of ether oxygens (including phenoxy) is 1. The van der Waals surface area contributed by atoms with Crippen molar-refractivity contribution >= 4 is 28.4 Å². The average Bonchev–Trinajstić information content (AvgIpc) is 3.65. The number of nitrogens with zero attached hydrogens (tertiary/aromatic N) is 5. The Kier molecular flexibility index (Phi) is 6.43. The van der Waals surface area contributed by atoms with Gasteiger partial charge in [-0.05, 0) is 56.1 Å². The minimum atomic E-state index is -0.0329. The summed E-state index contributed by atoms with van der Waals surface area (Å²) in [5, 5.41) is 16.0. The van der Waals surface area contributed by atoms with E-state index in [2.05, 4.69) is 26.0 Å². The third-order valence-corrected chi connectivity index (χ3v) is 6.95. The number of fused-ring (bicyclic) bond motifs is 3. The topological polar surface area (TPSA) is 108 Å². The monoisotopic (exact) mass is 495 g/mol. The number of rotatable bonds is 8. The minimum absolute atomic E-state index is 0.0329. The van der Waals surface area contributed by atoms with Gasteiger partial charge in [-0.2, -0.15) is 5.26 Å². The molecular weight excluding hydrogens is 466 g/mol. The van der Waals surface area contributed by atoms with Crippen molar-refractivity contribution in [2.24, 2.45) is 0 Å². The molecule has 2 aliphatic rings. The van der Waals surface area contributed by atoms with E-state index in [9.17, 15) is 10.1 Å². The number of imidazole rings is 1. The van der Waals surface area contributed by atoms with Gasteiger partial charge in [0.05, 0.1) is 47.8 Å². The summed E-state index contributed by atoms with van der Waals surface area (Å²) in [5.41, 5.74) is 5.39. The van der Waals surface area contributed by atoms with Gasteiger partial charge < -0.3 is 15.4 Å². The highest BCUT2D eigenvalue weighted by atomic mass is 16.5. The number of amides is 1. The first-order chi connectivity index (χ1) is 18.2. The summed E-state index contributed by atoms with van der Waals surface area (Å²) in [7, 11) is 0. The zero-order valence-electron chi connectivity index (χ0n) is 20.6. The highest BCUT2D eigenvalue weighted by Crippen LogP contribution is 2.29. The molecule has 1 aliphatic heterocycles. The lowest BCUT2D eigenvalue weighted by Gasteiger charge is -2.26. The van der Waals surface area contributed by atoms with Crippen molar-refractivity contribution in [3.05, 3.63) is 59.8 Å². The van der Waals surface area contributed by atoms with E-state index in [1.54, 1.807) is 6.07 Å². The van der Waals surface area contributed by atoms with E-state index in [0.717, 1.165) is 86.6 Å². The maximum absolute atomic E-state index is 12.4. The van der Waals surface area contributed by atoms with Crippen molar-refractivity contribution in [1.29, 1.82) is 5.26 Å². The van der Waals surface area contributed by atoms with E-state index in [4.69, 9.17) is 14.7 Å². The Bertz CT molecular complexity index is 1480. The van der Waals surface area contributed by atoms with Crippen LogP contribution in [-0.2, 0) is 4.74 Å². The van der Waals surface area contributed by atoms with Crippen molar-refractivity contribution < 1.29 is 9.53 Å². The molecule has 9 nitrogen and oxygen atoms in total. The highest BCUT2D eigenvalue weighted by molar-refractivity contribution is 5.95. The van der Waals surface area contributed by atoms with Crippen molar-refractivity contribution in [2.75, 3.05) is 44.7 Å². The van der Waals surface area contributed by atoms with Crippen LogP contribution in [-0.4, -0.2) is 70.6 Å². The van der Waals surface area contributed by atoms with Gasteiger partial charge in [-0.15, -0.1) is 0 Å². The molecule has 1 saturated heterocycles. The Morgan fingerprint density at radius 3 is 2.70 bits per heavy atom. The number of hydrogen-bond donors (Lipinski definition) is 2. The molecule has 6 rings (SSSR count). The third-order valence-electron chi connectivity index (χ3n) is 6.95. The molecule has 0 radical (unpaired) electrons. The molecule has 2 aromatic heterocycles. The fourth-order valence-electron chi connectivity index (χ4n) is 4.75. The zero-order chi connectivity index (χ0) is 25.2. The van der Waals surface area contributed by atoms with E-state index in [0.29, 0.717) is 23.0 Å². The molecule has 0 unspecified atom stereocenters. The van der Waals surface area contributed by atoms with Crippen molar-refractivity contribution in [3.8, 4) is 17.3 Å². The van der Waals surface area contributed by atoms with Gasteiger partial charge in [0.2, 0.25) is 0 Å². The normalized spacial score (nSPS) is 16.1. The van der Waals surface area contributed by atoms with Gasteiger partial charge in [0, 0.05) is 36.8 Å². The Morgan fingerprint density at radius 2 is 1.95 bits per heavy atom. The van der Waals surface area contributed by atoms with Crippen LogP contribution in [0, 0.1) is 11.3 Å². The molecule has 2 aromatic carbocycles. The van der Waals surface area contributed by atoms with Gasteiger partial charge in [0.25, 0.3) is 5.91 Å². The molecule has 3 heterocycles. The molecule has 0 atom stereocenters. The highest BCUT2D eigenvalue weighted by Gasteiger charge is 2.24. The third kappa shape index (κ3) is 4.99. The predicted octanol–water partition coefficient (Wildman–Crippen LogP) is 3.45. The van der Waals surface area contributed by atoms with E-state index in [-0.39, 0.29) is 5.91 Å². The number of carbonyl (C=O) groups is 1. The first-order valence-corrected chi connectivity index (χ1v) is 12.9. The Balaban J connectivity index is 1.30. The van der Waals surface area contributed by atoms with E-state index < -0.39 is 0 Å². The molecule has 37 heavy (non-hydrogen) atoms. The van der Waals surface area contributed by atoms with Crippen molar-refractivity contribution in [3.63, 3.8) is 0 Å². The lowest BCUT2D eigenvalue weighted by atomic mass is 10.1. The second kappa shape index (κ2) is 10.2. The number of carbonyl (C=O) groups excluding carboxylic acids is 1. The van der Waals surface area contributed by atoms with Crippen LogP contribution in [0.2, 0.25) is 0 Å². The predicted molar refractivity (Wildman–Crippen MR) is 141 cm³/mol. The molecule has 1 saturated carbocycles. The zero-order valence-corrected chi connectivity index (χ0v) is 20.6. The second-order valence-electron chi connectivity index (χ2n) is 9.64. The van der Waals surface area contributed by atoms with Crippen LogP contribution < -0.4 is 10.6 Å². The molecule has 2 fully saturated rings. The molecule has 188 valence electrons. The van der Waals surface area contributed by atoms with Gasteiger partial charge in [-0.1, -0.05) is 12.1 Å². The maximum atomic E-state index is 12.4. The van der Waals surface area contributed by atoms with Gasteiger partial charge >= 0.3 is 0 Å². The number of nitriles is 1. The summed E-state index contributed by atoms with van der Waals surface area (Å²) in [6.07, 6.45) is 4.93. The Labute approximate surface area is 215 Å². The molecule has 4 aromatic rings. The van der Waals surface area contributed by atoms with Crippen molar-refractivity contribution in [2.45, 2.75) is 25.3 Å². The smallest absolute Gasteiger partial charge is 0.251 e. The number of hydrogen-bond acceptors (Lipinski definition) is 7. The number of benzene rings is 2. The summed E-state index contributed by atoms with van der Waals surface area (Å²) in [6, 6.07) is 15.7. The number of aromatic nitrogens is 3. The first-order valence-electron chi connectivity index (χ1n) is 12.9. The Morgan fingerprint density at radius 1 is 1.14 bits per heavy atom. The molecule has 1 amide bonds. The first kappa shape index (κ1) is 23.4. The lowest BCUT2D eigenvalue weighted by molar-refractivity contribution is 0.0378. The number of anilines is 1. The summed E-state index contributed by atoms with van der Waals surface area (Å²) < 4.78 is 7.51. The summed E-state index contributed by atoms with van der Waals surface area (Å²) >= 11 is 0. The fourth-order valence-corrected chi connectivity index (χ4v) is 4.75. The summed E-state index contributed by atoms with van der Waals surface area (Å²) in [5.74, 6) is 0.658. The van der Waals surface area contributed by atoms with Crippen LogP contribution in [0.25, 0.3) is 27.9 Å². The SMILES string of the molecule is N#Cc1ccc2c(c1)nc(NCCCN1CCOCC1)c1ncc(-c3ccc(C(=O)NC4CC4)cc3)n12. The van der Waals surface area contributed by atoms with Crippen LogP contribution in [0.5, 0.6) is 0 Å². The molecular formula is C28H29N7O2. The average molecular weight is 496 g/mol. The van der Waals surface area contributed by atoms with Gasteiger partial charge in [-0.25, -0.2) is 9.97 Å². The maximum Gasteiger partial charge on any atom is 0.251 e. The van der Waals surface area contributed by atoms with Crippen LogP contribution in [0.1, 0.15) is 35.2 Å². The number of nitrogens with one attached hydrogen (secondary N) is 2. The number of morpholine rings is 1. The quantitative estimate of drug-likeness (QED) is 0.361. The van der Waals surface area contributed by atoms with Gasteiger partial charge in [0.15, 0.2) is 11.5 Å². The van der Waals surface area contributed by atoms with Crippen LogP contribution in [0.3, 0.4) is 0 Å². The molecule has 2 N–H and O–H groups in total. The fraction of sp³-hybridized carbons (Fsp3) is 0.357. The van der Waals surface area contributed by atoms with E-state index in [1.165, 1.54) is 0 Å². The molecule has 0 bridgehead atoms. The lowest BCUT2D eigenvalue weighted by Crippen LogP contribution is -2.37. The Hall–Kier alpha value is -4.00. The van der Waals surface area contributed by atoms with E-state index >= 15 is 0 Å². The molecule has 9 heteroatoms. The van der Waals surface area contributed by atoms with Crippen molar-refractivity contribution in [1.82, 2.24) is 24.6 Å².